The molecule has 3 saturated carbocycles. The molecule has 4 heteroatoms. The van der Waals surface area contributed by atoms with Crippen LogP contribution in [0.2, 0.25) is 0 Å². The minimum absolute atomic E-state index is 0.0522. The highest BCUT2D eigenvalue weighted by Gasteiger charge is 2.68. The van der Waals surface area contributed by atoms with Gasteiger partial charge >= 0.3 is 5.97 Å². The quantitative estimate of drug-likeness (QED) is 0.481. The molecule has 0 heterocycles. The first-order chi connectivity index (χ1) is 13.9. The average molecular weight is 409 g/mol. The van der Waals surface area contributed by atoms with E-state index in [2.05, 4.69) is 33.6 Å². The zero-order chi connectivity index (χ0) is 22.2. The fraction of sp³-hybridized carbons (Fsp3) is 0.577. The normalized spacial score (nSPS) is 42.8. The van der Waals surface area contributed by atoms with Crippen LogP contribution in [-0.4, -0.2) is 23.1 Å². The molecule has 0 aromatic carbocycles. The van der Waals surface area contributed by atoms with Crippen molar-refractivity contribution in [3.05, 3.63) is 48.1 Å². The summed E-state index contributed by atoms with van der Waals surface area (Å²) in [6.07, 6.45) is 5.62. The van der Waals surface area contributed by atoms with E-state index in [0.717, 1.165) is 42.4 Å². The molecule has 4 aliphatic rings. The van der Waals surface area contributed by atoms with E-state index in [-0.39, 0.29) is 22.9 Å². The first-order valence-corrected chi connectivity index (χ1v) is 10.9. The molecule has 30 heavy (non-hydrogen) atoms. The number of hydrogen-bond donors (Lipinski definition) is 0. The van der Waals surface area contributed by atoms with Crippen molar-refractivity contribution in [2.24, 2.45) is 28.6 Å². The number of ether oxygens (including phenoxy) is 1. The van der Waals surface area contributed by atoms with Crippen LogP contribution in [0.4, 0.5) is 0 Å². The molecule has 0 N–H and O–H groups in total. The summed E-state index contributed by atoms with van der Waals surface area (Å²) in [5.41, 5.74) is 1.48. The standard InChI is InChI=1S/C26H32O4/c1-14-12-19-20-9-11-26(17(4)27,30-18(5)28)24(20,6)10-8-21(19)25(7)16(3)15(2)23(29)13-22(14)25/h13,19-21H,1-3,8-12H2,4-7H3/t19-,20-,21-,24-,25+,26-/m0/s1. The predicted octanol–water partition coefficient (Wildman–Crippen LogP) is 4.91. The topological polar surface area (TPSA) is 60.4 Å². The fourth-order valence-corrected chi connectivity index (χ4v) is 7.63. The van der Waals surface area contributed by atoms with Crippen molar-refractivity contribution in [1.29, 1.82) is 0 Å². The van der Waals surface area contributed by atoms with Gasteiger partial charge in [0.1, 0.15) is 0 Å². The third kappa shape index (κ3) is 2.36. The Balaban J connectivity index is 1.80. The summed E-state index contributed by atoms with van der Waals surface area (Å²) in [4.78, 5) is 37.2. The van der Waals surface area contributed by atoms with Crippen molar-refractivity contribution in [2.75, 3.05) is 0 Å². The van der Waals surface area contributed by atoms with E-state index in [4.69, 9.17) is 4.74 Å². The van der Waals surface area contributed by atoms with Crippen LogP contribution in [0.25, 0.3) is 0 Å². The summed E-state index contributed by atoms with van der Waals surface area (Å²) in [5.74, 6) is 0.323. The summed E-state index contributed by atoms with van der Waals surface area (Å²) in [7, 11) is 0. The van der Waals surface area contributed by atoms with Crippen molar-refractivity contribution < 1.29 is 19.1 Å². The van der Waals surface area contributed by atoms with Crippen LogP contribution >= 0.6 is 0 Å². The molecule has 0 unspecified atom stereocenters. The fourth-order valence-electron chi connectivity index (χ4n) is 7.63. The van der Waals surface area contributed by atoms with Crippen LogP contribution in [0.5, 0.6) is 0 Å². The van der Waals surface area contributed by atoms with Crippen LogP contribution < -0.4 is 0 Å². The lowest BCUT2D eigenvalue weighted by molar-refractivity contribution is -0.186. The van der Waals surface area contributed by atoms with E-state index in [1.165, 1.54) is 6.92 Å². The lowest BCUT2D eigenvalue weighted by Crippen LogP contribution is -2.59. The van der Waals surface area contributed by atoms with Gasteiger partial charge in [-0.25, -0.2) is 0 Å². The van der Waals surface area contributed by atoms with Gasteiger partial charge in [0.25, 0.3) is 0 Å². The monoisotopic (exact) mass is 408 g/mol. The van der Waals surface area contributed by atoms with Crippen LogP contribution in [-0.2, 0) is 19.1 Å². The predicted molar refractivity (Wildman–Crippen MR) is 115 cm³/mol. The van der Waals surface area contributed by atoms with Crippen molar-refractivity contribution in [3.8, 4) is 0 Å². The summed E-state index contributed by atoms with van der Waals surface area (Å²) < 4.78 is 5.82. The summed E-state index contributed by atoms with van der Waals surface area (Å²) in [6.45, 7) is 19.9. The largest absolute Gasteiger partial charge is 0.451 e. The Morgan fingerprint density at radius 3 is 2.30 bits per heavy atom. The third-order valence-corrected chi connectivity index (χ3v) is 9.17. The zero-order valence-corrected chi connectivity index (χ0v) is 18.6. The van der Waals surface area contributed by atoms with Gasteiger partial charge in [-0.3, -0.25) is 14.4 Å². The minimum atomic E-state index is -1.05. The molecule has 0 aromatic heterocycles. The van der Waals surface area contributed by atoms with Gasteiger partial charge in [-0.05, 0) is 74.0 Å². The van der Waals surface area contributed by atoms with E-state index in [0.29, 0.717) is 23.8 Å². The van der Waals surface area contributed by atoms with Gasteiger partial charge in [0.05, 0.1) is 0 Å². The maximum atomic E-state index is 12.8. The molecule has 0 aliphatic heterocycles. The number of esters is 1. The molecular weight excluding hydrogens is 376 g/mol. The first-order valence-electron chi connectivity index (χ1n) is 10.9. The molecule has 0 radical (unpaired) electrons. The van der Waals surface area contributed by atoms with Crippen molar-refractivity contribution in [2.45, 2.75) is 65.4 Å². The molecule has 0 spiro atoms. The Morgan fingerprint density at radius 2 is 1.70 bits per heavy atom. The molecule has 0 bridgehead atoms. The second-order valence-electron chi connectivity index (χ2n) is 10.2. The second-order valence-corrected chi connectivity index (χ2v) is 10.2. The van der Waals surface area contributed by atoms with Gasteiger partial charge < -0.3 is 4.74 Å². The first kappa shape index (κ1) is 21.0. The number of Topliss-reactive ketones (excluding diaryl/α,β-unsaturated/α-hetero) is 1. The number of carbonyl (C=O) groups is 3. The highest BCUT2D eigenvalue weighted by molar-refractivity contribution is 6.10. The Hall–Kier alpha value is -2.23. The van der Waals surface area contributed by atoms with Gasteiger partial charge in [-0.15, -0.1) is 0 Å². The lowest BCUT2D eigenvalue weighted by Gasteiger charge is -2.60. The number of hydrogen-bond acceptors (Lipinski definition) is 4. The van der Waals surface area contributed by atoms with Crippen LogP contribution in [0, 0.1) is 28.6 Å². The molecule has 4 aliphatic carbocycles. The van der Waals surface area contributed by atoms with Gasteiger partial charge in [-0.1, -0.05) is 39.2 Å². The Morgan fingerprint density at radius 1 is 1.07 bits per heavy atom. The SMILES string of the molecule is C=C1C[C@@H]2[C@H](CC[C@@]3(C)[C@H]2CC[C@]3(OC(C)=O)C(C)=O)[C@@]2(C)C(=C)C(=C)C(=O)C=C12. The smallest absolute Gasteiger partial charge is 0.303 e. The molecule has 160 valence electrons. The molecule has 0 saturated heterocycles. The van der Waals surface area contributed by atoms with E-state index < -0.39 is 17.0 Å². The maximum absolute atomic E-state index is 12.8. The number of rotatable bonds is 2. The van der Waals surface area contributed by atoms with Gasteiger partial charge in [0.2, 0.25) is 0 Å². The summed E-state index contributed by atoms with van der Waals surface area (Å²) in [5, 5.41) is 0. The van der Waals surface area contributed by atoms with Crippen LogP contribution in [0.3, 0.4) is 0 Å². The molecule has 0 amide bonds. The van der Waals surface area contributed by atoms with Crippen molar-refractivity contribution in [3.63, 3.8) is 0 Å². The van der Waals surface area contributed by atoms with Gasteiger partial charge in [0.15, 0.2) is 17.2 Å². The second kappa shape index (κ2) is 6.38. The number of carbonyl (C=O) groups excluding carboxylic acids is 3. The van der Waals surface area contributed by atoms with E-state index in [9.17, 15) is 14.4 Å². The molecule has 6 atom stereocenters. The van der Waals surface area contributed by atoms with Crippen LogP contribution in [0.1, 0.15) is 59.8 Å². The zero-order valence-electron chi connectivity index (χ0n) is 18.6. The molecule has 4 nitrogen and oxygen atoms in total. The Bertz CT molecular complexity index is 952. The maximum Gasteiger partial charge on any atom is 0.303 e. The van der Waals surface area contributed by atoms with Gasteiger partial charge in [-0.2, -0.15) is 0 Å². The minimum Gasteiger partial charge on any atom is -0.451 e. The highest BCUT2D eigenvalue weighted by atomic mass is 16.6. The lowest BCUT2D eigenvalue weighted by atomic mass is 9.44. The molecule has 0 aromatic rings. The van der Waals surface area contributed by atoms with Crippen LogP contribution in [0.15, 0.2) is 48.1 Å². The molecule has 4 rings (SSSR count). The Labute approximate surface area is 179 Å². The van der Waals surface area contributed by atoms with Gasteiger partial charge in [0, 0.05) is 23.3 Å². The molecular formula is C26H32O4. The Kier molecular flexibility index (Phi) is 4.47. The van der Waals surface area contributed by atoms with Crippen molar-refractivity contribution >= 4 is 17.5 Å². The number of allylic oxidation sites excluding steroid dienone is 4. The number of ketones is 2. The van der Waals surface area contributed by atoms with E-state index in [1.807, 2.05) is 0 Å². The summed E-state index contributed by atoms with van der Waals surface area (Å²) >= 11 is 0. The average Bonchev–Trinajstić information content (AvgIpc) is 2.96. The van der Waals surface area contributed by atoms with E-state index >= 15 is 0 Å². The van der Waals surface area contributed by atoms with Crippen molar-refractivity contribution in [1.82, 2.24) is 0 Å². The third-order valence-electron chi connectivity index (χ3n) is 9.17. The summed E-state index contributed by atoms with van der Waals surface area (Å²) in [6, 6.07) is 0. The van der Waals surface area contributed by atoms with E-state index in [1.54, 1.807) is 13.0 Å². The number of fused-ring (bicyclic) bond motifs is 5. The highest BCUT2D eigenvalue weighted by Crippen LogP contribution is 2.69. The molecule has 3 fully saturated rings.